The molecule has 112 valence electrons. The van der Waals surface area contributed by atoms with E-state index in [0.717, 1.165) is 28.0 Å². The van der Waals surface area contributed by atoms with Gasteiger partial charge in [-0.25, -0.2) is 0 Å². The fourth-order valence-corrected chi connectivity index (χ4v) is 4.07. The molecular weight excluding hydrogens is 353 g/mol. The van der Waals surface area contributed by atoms with Gasteiger partial charge in [0, 0.05) is 0 Å². The van der Waals surface area contributed by atoms with Crippen LogP contribution in [0.2, 0.25) is 0 Å². The van der Waals surface area contributed by atoms with Crippen LogP contribution < -0.4 is 5.32 Å². The van der Waals surface area contributed by atoms with Gasteiger partial charge in [0.05, 0.1) is 0 Å². The number of phenolic OH excluding ortho intramolecular Hbond substituents is 1. The molecule has 0 saturated heterocycles. The van der Waals surface area contributed by atoms with Gasteiger partial charge >= 0.3 is 139 Å². The van der Waals surface area contributed by atoms with E-state index in [1.807, 2.05) is 42.5 Å². The molecule has 0 fully saturated rings. The van der Waals surface area contributed by atoms with Crippen molar-refractivity contribution in [2.24, 2.45) is 0 Å². The summed E-state index contributed by atoms with van der Waals surface area (Å²) in [7, 11) is 0. The van der Waals surface area contributed by atoms with Crippen LogP contribution in [0.5, 0.6) is 5.75 Å². The Labute approximate surface area is 139 Å². The number of fused-ring (bicyclic) bond motifs is 1. The third kappa shape index (κ3) is 2.63. The average Bonchev–Trinajstić information content (AvgIpc) is 3.16. The van der Waals surface area contributed by atoms with Crippen molar-refractivity contribution in [1.29, 1.82) is 0 Å². The molecule has 1 amide bonds. The molecule has 2 aromatic carbocycles. The van der Waals surface area contributed by atoms with E-state index in [-0.39, 0.29) is 11.7 Å². The van der Waals surface area contributed by atoms with Crippen molar-refractivity contribution in [1.82, 2.24) is 0 Å². The second-order valence-electron chi connectivity index (χ2n) is 5.33. The maximum absolute atomic E-state index is 12.3. The number of carbonyl (C=O) groups is 1. The zero-order valence-corrected chi connectivity index (χ0v) is 13.8. The van der Waals surface area contributed by atoms with E-state index in [9.17, 15) is 9.90 Å². The summed E-state index contributed by atoms with van der Waals surface area (Å²) in [4.78, 5) is 14.4. The van der Waals surface area contributed by atoms with Crippen LogP contribution >= 0.6 is 0 Å². The number of carbonyl (C=O) groups excluding carboxylic acids is 1. The van der Waals surface area contributed by atoms with Crippen LogP contribution in [-0.2, 0) is 4.79 Å². The Kier molecular flexibility index (Phi) is 3.41. The van der Waals surface area contributed by atoms with Crippen molar-refractivity contribution in [3.05, 3.63) is 69.5 Å². The van der Waals surface area contributed by atoms with E-state index in [4.69, 9.17) is 0 Å². The van der Waals surface area contributed by atoms with Gasteiger partial charge in [-0.2, -0.15) is 0 Å². The number of amides is 1. The van der Waals surface area contributed by atoms with Gasteiger partial charge in [0.1, 0.15) is 0 Å². The minimum absolute atomic E-state index is 0.0496. The van der Waals surface area contributed by atoms with E-state index < -0.39 is 0 Å². The van der Waals surface area contributed by atoms with Gasteiger partial charge in [-0.1, -0.05) is 0 Å². The second-order valence-corrected chi connectivity index (χ2v) is 7.39. The molecule has 0 bridgehead atoms. The summed E-state index contributed by atoms with van der Waals surface area (Å²) in [5, 5.41) is 12.3. The molecule has 0 spiro atoms. The molecule has 0 aliphatic carbocycles. The summed E-state index contributed by atoms with van der Waals surface area (Å²) in [6.45, 7) is 0. The van der Waals surface area contributed by atoms with E-state index in [1.165, 1.54) is 4.44 Å². The molecule has 1 aromatic heterocycles. The van der Waals surface area contributed by atoms with Crippen LogP contribution in [-0.4, -0.2) is 25.5 Å². The normalized spacial score (nSPS) is 14.8. The van der Waals surface area contributed by atoms with Gasteiger partial charge in [-0.3, -0.25) is 0 Å². The molecule has 0 atom stereocenters. The van der Waals surface area contributed by atoms with Crippen molar-refractivity contribution in [2.75, 3.05) is 5.32 Å². The van der Waals surface area contributed by atoms with E-state index in [0.29, 0.717) is 14.5 Å². The number of nitrogens with one attached hydrogen (secondary N) is 1. The summed E-state index contributed by atoms with van der Waals surface area (Å²) < 4.78 is 1.21. The van der Waals surface area contributed by atoms with E-state index in [1.54, 1.807) is 12.1 Å². The molecule has 0 saturated carbocycles. The Morgan fingerprint density at radius 3 is 2.52 bits per heavy atom. The van der Waals surface area contributed by atoms with Crippen molar-refractivity contribution < 1.29 is 9.90 Å². The molecule has 4 rings (SSSR count). The van der Waals surface area contributed by atoms with Crippen LogP contribution in [0.1, 0.15) is 10.0 Å². The molecule has 0 unspecified atom stereocenters. The minimum atomic E-state index is -0.0496. The molecule has 3 nitrogen and oxygen atoms in total. The first-order valence-electron chi connectivity index (χ1n) is 7.21. The molecule has 0 radical (unpaired) electrons. The molecular formula is C19H13NO2Se. The first kappa shape index (κ1) is 14.1. The van der Waals surface area contributed by atoms with Crippen LogP contribution in [0.4, 0.5) is 5.69 Å². The quantitative estimate of drug-likeness (QED) is 0.538. The van der Waals surface area contributed by atoms with E-state index >= 15 is 0 Å². The molecule has 2 N–H and O–H groups in total. The molecule has 23 heavy (non-hydrogen) atoms. The summed E-state index contributed by atoms with van der Waals surface area (Å²) in [6.07, 6.45) is 1.99. The third-order valence-corrected chi connectivity index (χ3v) is 5.55. The number of aromatic hydroxyl groups is 1. The predicted octanol–water partition coefficient (Wildman–Crippen LogP) is 3.61. The van der Waals surface area contributed by atoms with Crippen LogP contribution in [0.3, 0.4) is 0 Å². The summed E-state index contributed by atoms with van der Waals surface area (Å²) in [5.41, 5.74) is 4.53. The summed E-state index contributed by atoms with van der Waals surface area (Å²) in [5.74, 6) is 0.195. The summed E-state index contributed by atoms with van der Waals surface area (Å²) in [6, 6.07) is 17.1. The Morgan fingerprint density at radius 2 is 1.78 bits per heavy atom. The molecule has 3 aromatic rings. The van der Waals surface area contributed by atoms with Gasteiger partial charge in [-0.05, 0) is 0 Å². The van der Waals surface area contributed by atoms with Crippen LogP contribution in [0.25, 0.3) is 22.8 Å². The van der Waals surface area contributed by atoms with Crippen molar-refractivity contribution in [3.8, 4) is 16.9 Å². The number of hydrogen-bond acceptors (Lipinski definition) is 2. The number of phenols is 1. The fraction of sp³-hybridized carbons (Fsp3) is 0. The average molecular weight is 366 g/mol. The third-order valence-electron chi connectivity index (χ3n) is 3.83. The SMILES string of the molecule is O=C1Nc2cc(-c3ccc(O)cc3)ccc2C1=Cc1ccc[se]1. The zero-order chi connectivity index (χ0) is 15.8. The van der Waals surface area contributed by atoms with E-state index in [2.05, 4.69) is 16.3 Å². The van der Waals surface area contributed by atoms with Crippen molar-refractivity contribution in [2.45, 2.75) is 0 Å². The van der Waals surface area contributed by atoms with Crippen LogP contribution in [0.15, 0.2) is 59.5 Å². The van der Waals surface area contributed by atoms with Gasteiger partial charge in [-0.15, -0.1) is 0 Å². The monoisotopic (exact) mass is 367 g/mol. The number of benzene rings is 2. The predicted molar refractivity (Wildman–Crippen MR) is 93.4 cm³/mol. The van der Waals surface area contributed by atoms with Crippen molar-refractivity contribution in [3.63, 3.8) is 0 Å². The van der Waals surface area contributed by atoms with Crippen LogP contribution in [0, 0.1) is 0 Å². The molecule has 1 aliphatic heterocycles. The summed E-state index contributed by atoms with van der Waals surface area (Å²) >= 11 is 0.321. The molecule has 1 aliphatic rings. The van der Waals surface area contributed by atoms with Gasteiger partial charge in [0.25, 0.3) is 0 Å². The topological polar surface area (TPSA) is 49.3 Å². The first-order chi connectivity index (χ1) is 11.2. The fourth-order valence-electron chi connectivity index (χ4n) is 2.69. The number of hydrogen-bond donors (Lipinski definition) is 2. The molecule has 2 heterocycles. The van der Waals surface area contributed by atoms with Gasteiger partial charge in [0.15, 0.2) is 0 Å². The van der Waals surface area contributed by atoms with Crippen molar-refractivity contribution >= 4 is 37.7 Å². The Morgan fingerprint density at radius 1 is 1.00 bits per heavy atom. The Hall–Kier alpha value is -2.55. The van der Waals surface area contributed by atoms with Gasteiger partial charge in [0.2, 0.25) is 0 Å². The standard InChI is InChI=1S/C19H13NO2Se/c21-14-6-3-12(4-7-14)13-5-8-16-17(11-15-2-1-9-23-15)19(22)20-18(16)10-13/h1-11,21H,(H,20,22). The Balaban J connectivity index is 1.75. The second kappa shape index (κ2) is 5.58. The van der Waals surface area contributed by atoms with Gasteiger partial charge < -0.3 is 0 Å². The number of rotatable bonds is 2. The zero-order valence-electron chi connectivity index (χ0n) is 12.1. The molecule has 4 heteroatoms. The maximum atomic E-state index is 12.3. The Bertz CT molecular complexity index is 909. The first-order valence-corrected chi connectivity index (χ1v) is 9.06. The number of anilines is 1.